The molecule has 2 rings (SSSR count). The van der Waals surface area contributed by atoms with Crippen LogP contribution in [0.3, 0.4) is 0 Å². The highest BCUT2D eigenvalue weighted by atomic mass is 19.1. The van der Waals surface area contributed by atoms with Gasteiger partial charge in [0.05, 0.1) is 13.2 Å². The molecule has 0 fully saturated rings. The number of amides is 2. The standard InChI is InChI=1S/C20H23FN2O3/c1-3-4-11-26-17-9-6-15(7-10-17)20(25)22-13-19(24)23-16-8-5-14(2)18(21)12-16/h5-10,12H,3-4,11,13H2,1-2H3,(H,22,25)(H,23,24). The first-order valence-electron chi connectivity index (χ1n) is 8.56. The summed E-state index contributed by atoms with van der Waals surface area (Å²) in [5.74, 6) is -0.487. The first-order valence-corrected chi connectivity index (χ1v) is 8.56. The molecule has 0 aliphatic heterocycles. The number of anilines is 1. The maximum Gasteiger partial charge on any atom is 0.251 e. The van der Waals surface area contributed by atoms with Crippen molar-refractivity contribution < 1.29 is 18.7 Å². The van der Waals surface area contributed by atoms with E-state index in [1.807, 2.05) is 0 Å². The highest BCUT2D eigenvalue weighted by molar-refractivity contribution is 5.99. The van der Waals surface area contributed by atoms with E-state index in [1.165, 1.54) is 6.07 Å². The number of unbranched alkanes of at least 4 members (excludes halogenated alkanes) is 1. The maximum absolute atomic E-state index is 13.5. The number of hydrogen-bond acceptors (Lipinski definition) is 3. The van der Waals surface area contributed by atoms with Gasteiger partial charge in [0.1, 0.15) is 11.6 Å². The van der Waals surface area contributed by atoms with E-state index in [0.717, 1.165) is 12.8 Å². The second-order valence-corrected chi connectivity index (χ2v) is 5.92. The van der Waals surface area contributed by atoms with Gasteiger partial charge < -0.3 is 15.4 Å². The van der Waals surface area contributed by atoms with Gasteiger partial charge in [-0.1, -0.05) is 19.4 Å². The summed E-state index contributed by atoms with van der Waals surface area (Å²) >= 11 is 0. The topological polar surface area (TPSA) is 67.4 Å². The first kappa shape index (κ1) is 19.4. The van der Waals surface area contributed by atoms with Crippen molar-refractivity contribution in [2.45, 2.75) is 26.7 Å². The normalized spacial score (nSPS) is 10.3. The van der Waals surface area contributed by atoms with Gasteiger partial charge in [-0.15, -0.1) is 0 Å². The zero-order valence-corrected chi connectivity index (χ0v) is 15.0. The minimum absolute atomic E-state index is 0.205. The van der Waals surface area contributed by atoms with Crippen molar-refractivity contribution in [1.82, 2.24) is 5.32 Å². The van der Waals surface area contributed by atoms with E-state index < -0.39 is 11.7 Å². The highest BCUT2D eigenvalue weighted by Gasteiger charge is 2.09. The van der Waals surface area contributed by atoms with Crippen LogP contribution < -0.4 is 15.4 Å². The molecular weight excluding hydrogens is 335 g/mol. The average Bonchev–Trinajstić information content (AvgIpc) is 2.63. The van der Waals surface area contributed by atoms with Crippen molar-refractivity contribution in [3.8, 4) is 5.75 Å². The largest absolute Gasteiger partial charge is 0.494 e. The van der Waals surface area contributed by atoms with Gasteiger partial charge in [-0.2, -0.15) is 0 Å². The van der Waals surface area contributed by atoms with Crippen LogP contribution >= 0.6 is 0 Å². The minimum Gasteiger partial charge on any atom is -0.494 e. The summed E-state index contributed by atoms with van der Waals surface area (Å²) in [7, 11) is 0. The average molecular weight is 358 g/mol. The Kier molecular flexibility index (Phi) is 7.14. The molecule has 0 heterocycles. The number of aryl methyl sites for hydroxylation is 1. The van der Waals surface area contributed by atoms with Crippen molar-refractivity contribution in [2.75, 3.05) is 18.5 Å². The fraction of sp³-hybridized carbons (Fsp3) is 0.300. The fourth-order valence-electron chi connectivity index (χ4n) is 2.18. The van der Waals surface area contributed by atoms with Crippen LogP contribution in [0, 0.1) is 12.7 Å². The first-order chi connectivity index (χ1) is 12.5. The predicted octanol–water partition coefficient (Wildman–Crippen LogP) is 3.68. The second-order valence-electron chi connectivity index (χ2n) is 5.92. The van der Waals surface area contributed by atoms with Crippen LogP contribution in [0.4, 0.5) is 10.1 Å². The van der Waals surface area contributed by atoms with Crippen LogP contribution in [0.2, 0.25) is 0 Å². The summed E-state index contributed by atoms with van der Waals surface area (Å²) in [5.41, 5.74) is 1.28. The van der Waals surface area contributed by atoms with Crippen molar-refractivity contribution >= 4 is 17.5 Å². The Labute approximate surface area is 152 Å². The molecule has 0 saturated carbocycles. The number of carbonyl (C=O) groups is 2. The van der Waals surface area contributed by atoms with Gasteiger partial charge in [0.15, 0.2) is 0 Å². The Morgan fingerprint density at radius 3 is 2.50 bits per heavy atom. The molecule has 0 bridgehead atoms. The predicted molar refractivity (Wildman–Crippen MR) is 98.9 cm³/mol. The molecule has 138 valence electrons. The zero-order chi connectivity index (χ0) is 18.9. The zero-order valence-electron chi connectivity index (χ0n) is 15.0. The van der Waals surface area contributed by atoms with Crippen LogP contribution in [0.5, 0.6) is 5.75 Å². The SMILES string of the molecule is CCCCOc1ccc(C(=O)NCC(=O)Nc2ccc(C)c(F)c2)cc1. The molecule has 0 atom stereocenters. The van der Waals surface area contributed by atoms with Crippen LogP contribution in [0.25, 0.3) is 0 Å². The van der Waals surface area contributed by atoms with E-state index in [-0.39, 0.29) is 12.5 Å². The number of rotatable bonds is 8. The molecule has 0 aliphatic rings. The lowest BCUT2D eigenvalue weighted by Crippen LogP contribution is -2.32. The molecule has 0 spiro atoms. The number of benzene rings is 2. The summed E-state index contributed by atoms with van der Waals surface area (Å²) in [6, 6.07) is 11.2. The molecule has 2 aromatic rings. The lowest BCUT2D eigenvalue weighted by molar-refractivity contribution is -0.115. The third-order valence-corrected chi connectivity index (χ3v) is 3.75. The number of carbonyl (C=O) groups excluding carboxylic acids is 2. The third-order valence-electron chi connectivity index (χ3n) is 3.75. The fourth-order valence-corrected chi connectivity index (χ4v) is 2.18. The van der Waals surface area contributed by atoms with E-state index in [1.54, 1.807) is 43.3 Å². The summed E-state index contributed by atoms with van der Waals surface area (Å²) in [6.07, 6.45) is 2.03. The van der Waals surface area contributed by atoms with Gasteiger partial charge in [-0.3, -0.25) is 9.59 Å². The molecule has 26 heavy (non-hydrogen) atoms. The molecule has 0 radical (unpaired) electrons. The second kappa shape index (κ2) is 9.56. The van der Waals surface area contributed by atoms with Crippen molar-refractivity contribution in [3.63, 3.8) is 0 Å². The van der Waals surface area contributed by atoms with E-state index in [4.69, 9.17) is 4.74 Å². The molecule has 5 nitrogen and oxygen atoms in total. The van der Waals surface area contributed by atoms with E-state index in [9.17, 15) is 14.0 Å². The summed E-state index contributed by atoms with van der Waals surface area (Å²) in [6.45, 7) is 4.16. The van der Waals surface area contributed by atoms with Crippen molar-refractivity contribution in [2.24, 2.45) is 0 Å². The van der Waals surface area contributed by atoms with Gasteiger partial charge in [-0.05, 0) is 55.3 Å². The van der Waals surface area contributed by atoms with E-state index in [0.29, 0.717) is 29.2 Å². The van der Waals surface area contributed by atoms with Crippen LogP contribution in [0.15, 0.2) is 42.5 Å². The molecular formula is C20H23FN2O3. The van der Waals surface area contributed by atoms with Crippen LogP contribution in [-0.2, 0) is 4.79 Å². The Bertz CT molecular complexity index is 760. The molecule has 0 aliphatic carbocycles. The lowest BCUT2D eigenvalue weighted by Gasteiger charge is -2.09. The van der Waals surface area contributed by atoms with Crippen molar-refractivity contribution in [3.05, 3.63) is 59.4 Å². The molecule has 6 heteroatoms. The number of halogens is 1. The maximum atomic E-state index is 13.5. The van der Waals surface area contributed by atoms with Gasteiger partial charge in [0.2, 0.25) is 5.91 Å². The van der Waals surface area contributed by atoms with Crippen LogP contribution in [0.1, 0.15) is 35.7 Å². The Morgan fingerprint density at radius 2 is 1.85 bits per heavy atom. The molecule has 2 aromatic carbocycles. The quantitative estimate of drug-likeness (QED) is 0.708. The van der Waals surface area contributed by atoms with E-state index in [2.05, 4.69) is 17.6 Å². The molecule has 2 amide bonds. The molecule has 0 saturated heterocycles. The van der Waals surface area contributed by atoms with Gasteiger partial charge in [0.25, 0.3) is 5.91 Å². The van der Waals surface area contributed by atoms with Gasteiger partial charge >= 0.3 is 0 Å². The summed E-state index contributed by atoms with van der Waals surface area (Å²) < 4.78 is 19.0. The highest BCUT2D eigenvalue weighted by Crippen LogP contribution is 2.14. The molecule has 0 unspecified atom stereocenters. The van der Waals surface area contributed by atoms with Gasteiger partial charge in [-0.25, -0.2) is 4.39 Å². The number of nitrogens with one attached hydrogen (secondary N) is 2. The molecule has 0 aromatic heterocycles. The lowest BCUT2D eigenvalue weighted by atomic mass is 10.2. The summed E-state index contributed by atoms with van der Waals surface area (Å²) in [4.78, 5) is 24.0. The Hall–Kier alpha value is -2.89. The smallest absolute Gasteiger partial charge is 0.251 e. The third kappa shape index (κ3) is 5.88. The summed E-state index contributed by atoms with van der Waals surface area (Å²) in [5, 5.41) is 5.07. The van der Waals surface area contributed by atoms with Crippen molar-refractivity contribution in [1.29, 1.82) is 0 Å². The monoisotopic (exact) mass is 358 g/mol. The minimum atomic E-state index is -0.430. The van der Waals surface area contributed by atoms with Crippen LogP contribution in [-0.4, -0.2) is 25.0 Å². The Morgan fingerprint density at radius 1 is 1.12 bits per heavy atom. The number of ether oxygens (including phenoxy) is 1. The Balaban J connectivity index is 1.81. The molecule has 2 N–H and O–H groups in total. The van der Waals surface area contributed by atoms with Gasteiger partial charge in [0, 0.05) is 11.3 Å². The number of hydrogen-bond donors (Lipinski definition) is 2. The van der Waals surface area contributed by atoms with E-state index >= 15 is 0 Å².